The number of carbonyl (C=O) groups excluding carboxylic acids is 1. The summed E-state index contributed by atoms with van der Waals surface area (Å²) in [4.78, 5) is 17.9. The van der Waals surface area contributed by atoms with E-state index in [2.05, 4.69) is 10.3 Å². The van der Waals surface area contributed by atoms with Gasteiger partial charge in [-0.1, -0.05) is 41.9 Å². The van der Waals surface area contributed by atoms with Crippen molar-refractivity contribution in [3.05, 3.63) is 75.8 Å². The number of fused-ring (bicyclic) bond motifs is 1. The summed E-state index contributed by atoms with van der Waals surface area (Å²) in [6.07, 6.45) is 0.737. The van der Waals surface area contributed by atoms with Gasteiger partial charge >= 0.3 is 0 Å². The van der Waals surface area contributed by atoms with Gasteiger partial charge in [-0.2, -0.15) is 4.31 Å². The molecular weight excluding hydrogens is 430 g/mol. The molecule has 0 saturated carbocycles. The molecule has 0 aliphatic carbocycles. The Hall–Kier alpha value is -2.26. The van der Waals surface area contributed by atoms with Crippen molar-refractivity contribution in [1.82, 2.24) is 9.29 Å². The molecule has 1 aliphatic rings. The molecule has 6 nitrogen and oxygen atoms in total. The lowest BCUT2D eigenvalue weighted by Crippen LogP contribution is -2.35. The van der Waals surface area contributed by atoms with Crippen molar-refractivity contribution in [1.29, 1.82) is 0 Å². The molecule has 2 heterocycles. The Bertz CT molecular complexity index is 1130. The molecule has 0 atom stereocenters. The van der Waals surface area contributed by atoms with E-state index in [4.69, 9.17) is 11.6 Å². The summed E-state index contributed by atoms with van der Waals surface area (Å²) in [5.74, 6) is -0.174. The Morgan fingerprint density at radius 3 is 2.59 bits per heavy atom. The molecule has 1 N–H and O–H groups in total. The van der Waals surface area contributed by atoms with Crippen LogP contribution in [0.5, 0.6) is 0 Å². The highest BCUT2D eigenvalue weighted by atomic mass is 35.5. The van der Waals surface area contributed by atoms with Gasteiger partial charge in [-0.05, 0) is 29.8 Å². The van der Waals surface area contributed by atoms with Crippen LogP contribution in [0.3, 0.4) is 0 Å². The first-order valence-electron chi connectivity index (χ1n) is 9.00. The molecule has 4 rings (SSSR count). The average Bonchev–Trinajstić information content (AvgIpc) is 3.11. The number of hydrogen-bond donors (Lipinski definition) is 1. The van der Waals surface area contributed by atoms with Crippen molar-refractivity contribution in [3.8, 4) is 0 Å². The zero-order valence-corrected chi connectivity index (χ0v) is 17.7. The lowest BCUT2D eigenvalue weighted by Gasteiger charge is -2.25. The highest BCUT2D eigenvalue weighted by Crippen LogP contribution is 2.31. The van der Waals surface area contributed by atoms with Crippen molar-refractivity contribution < 1.29 is 13.2 Å². The third-order valence-electron chi connectivity index (χ3n) is 4.60. The fourth-order valence-electron chi connectivity index (χ4n) is 3.12. The quantitative estimate of drug-likeness (QED) is 0.646. The monoisotopic (exact) mass is 447 g/mol. The molecular formula is C20H18ClN3O3S2. The SMILES string of the molecule is O=C(Cc1ccc(Cl)cc1)Nc1nc2c(s1)CN(S(=O)(=O)c1ccccc1)CC2. The van der Waals surface area contributed by atoms with Gasteiger partial charge in [0, 0.05) is 22.9 Å². The fraction of sp³-hybridized carbons (Fsp3) is 0.200. The molecule has 0 bridgehead atoms. The van der Waals surface area contributed by atoms with Crippen LogP contribution in [0.4, 0.5) is 5.13 Å². The second kappa shape index (κ2) is 8.23. The van der Waals surface area contributed by atoms with E-state index in [9.17, 15) is 13.2 Å². The zero-order chi connectivity index (χ0) is 20.4. The van der Waals surface area contributed by atoms with Gasteiger partial charge in [-0.15, -0.1) is 11.3 Å². The van der Waals surface area contributed by atoms with E-state index in [1.165, 1.54) is 15.6 Å². The predicted octanol–water partition coefficient (Wildman–Crippen LogP) is 3.72. The van der Waals surface area contributed by atoms with Crippen molar-refractivity contribution in [2.24, 2.45) is 0 Å². The summed E-state index contributed by atoms with van der Waals surface area (Å²) in [6.45, 7) is 0.628. The van der Waals surface area contributed by atoms with Crippen molar-refractivity contribution in [2.45, 2.75) is 24.3 Å². The Balaban J connectivity index is 1.44. The number of carbonyl (C=O) groups is 1. The minimum Gasteiger partial charge on any atom is -0.302 e. The topological polar surface area (TPSA) is 79.4 Å². The molecule has 0 unspecified atom stereocenters. The third kappa shape index (κ3) is 4.51. The zero-order valence-electron chi connectivity index (χ0n) is 15.3. The van der Waals surface area contributed by atoms with Crippen LogP contribution < -0.4 is 5.32 Å². The van der Waals surface area contributed by atoms with Crippen LogP contribution in [0, 0.1) is 0 Å². The normalized spacial score (nSPS) is 14.4. The smallest absolute Gasteiger partial charge is 0.243 e. The number of hydrogen-bond acceptors (Lipinski definition) is 5. The van der Waals surface area contributed by atoms with E-state index in [-0.39, 0.29) is 23.8 Å². The van der Waals surface area contributed by atoms with Gasteiger partial charge in [-0.25, -0.2) is 13.4 Å². The van der Waals surface area contributed by atoms with Gasteiger partial charge in [0.1, 0.15) is 0 Å². The predicted molar refractivity (Wildman–Crippen MR) is 114 cm³/mol. The van der Waals surface area contributed by atoms with Crippen LogP contribution in [0.15, 0.2) is 59.5 Å². The van der Waals surface area contributed by atoms with Gasteiger partial charge < -0.3 is 5.32 Å². The Kier molecular flexibility index (Phi) is 5.69. The highest BCUT2D eigenvalue weighted by Gasteiger charge is 2.30. The molecule has 1 amide bonds. The number of anilines is 1. The second-order valence-corrected chi connectivity index (χ2v) is 10.1. The second-order valence-electron chi connectivity index (χ2n) is 6.64. The molecule has 0 radical (unpaired) electrons. The maximum absolute atomic E-state index is 12.8. The minimum atomic E-state index is -3.55. The van der Waals surface area contributed by atoms with Crippen LogP contribution in [0.1, 0.15) is 16.1 Å². The number of rotatable bonds is 5. The number of aromatic nitrogens is 1. The summed E-state index contributed by atoms with van der Waals surface area (Å²) in [5.41, 5.74) is 1.70. The largest absolute Gasteiger partial charge is 0.302 e. The number of sulfonamides is 1. The van der Waals surface area contributed by atoms with Gasteiger partial charge in [0.15, 0.2) is 5.13 Å². The molecule has 0 spiro atoms. The molecule has 29 heavy (non-hydrogen) atoms. The lowest BCUT2D eigenvalue weighted by molar-refractivity contribution is -0.115. The average molecular weight is 448 g/mol. The molecule has 1 aromatic heterocycles. The van der Waals surface area contributed by atoms with Gasteiger partial charge in [0.2, 0.25) is 15.9 Å². The third-order valence-corrected chi connectivity index (χ3v) is 7.71. The summed E-state index contributed by atoms with van der Waals surface area (Å²) in [5, 5.41) is 3.93. The number of nitrogens with zero attached hydrogens (tertiary/aromatic N) is 2. The molecule has 9 heteroatoms. The first kappa shape index (κ1) is 20.0. The lowest BCUT2D eigenvalue weighted by atomic mass is 10.1. The van der Waals surface area contributed by atoms with Gasteiger partial charge in [0.25, 0.3) is 0 Å². The Labute approximate surface area is 178 Å². The van der Waals surface area contributed by atoms with Crippen LogP contribution >= 0.6 is 22.9 Å². The number of thiazole rings is 1. The van der Waals surface area contributed by atoms with Crippen LogP contribution in [0.2, 0.25) is 5.02 Å². The van der Waals surface area contributed by atoms with E-state index >= 15 is 0 Å². The van der Waals surface area contributed by atoms with Crippen molar-refractivity contribution in [3.63, 3.8) is 0 Å². The number of amides is 1. The van der Waals surface area contributed by atoms with Crippen molar-refractivity contribution >= 4 is 44.0 Å². The molecule has 0 saturated heterocycles. The number of halogens is 1. The first-order chi connectivity index (χ1) is 13.9. The summed E-state index contributed by atoms with van der Waals surface area (Å²) in [6, 6.07) is 15.5. The number of nitrogens with one attached hydrogen (secondary N) is 1. The maximum Gasteiger partial charge on any atom is 0.243 e. The molecule has 1 aliphatic heterocycles. The van der Waals surface area contributed by atoms with Gasteiger partial charge in [-0.3, -0.25) is 4.79 Å². The highest BCUT2D eigenvalue weighted by molar-refractivity contribution is 7.89. The fourth-order valence-corrected chi connectivity index (χ4v) is 5.80. The summed E-state index contributed by atoms with van der Waals surface area (Å²) < 4.78 is 27.1. The molecule has 0 fully saturated rings. The first-order valence-corrected chi connectivity index (χ1v) is 11.6. The Morgan fingerprint density at radius 2 is 1.86 bits per heavy atom. The summed E-state index contributed by atoms with van der Waals surface area (Å²) >= 11 is 7.18. The van der Waals surface area contributed by atoms with E-state index in [0.717, 1.165) is 16.1 Å². The maximum atomic E-state index is 12.8. The van der Waals surface area contributed by atoms with Gasteiger partial charge in [0.05, 0.1) is 23.6 Å². The molecule has 2 aromatic carbocycles. The van der Waals surface area contributed by atoms with Crippen LogP contribution in [-0.4, -0.2) is 30.2 Å². The van der Waals surface area contributed by atoms with E-state index < -0.39 is 10.0 Å². The van der Waals surface area contributed by atoms with Crippen LogP contribution in [-0.2, 0) is 34.2 Å². The number of benzene rings is 2. The standard InChI is InChI=1S/C20H18ClN3O3S2/c21-15-8-6-14(7-9-15)12-19(25)23-20-22-17-10-11-24(13-18(17)28-20)29(26,27)16-4-2-1-3-5-16/h1-9H,10-13H2,(H,22,23,25). The Morgan fingerprint density at radius 1 is 1.14 bits per heavy atom. The van der Waals surface area contributed by atoms with E-state index in [1.54, 1.807) is 54.6 Å². The van der Waals surface area contributed by atoms with E-state index in [1.807, 2.05) is 0 Å². The summed E-state index contributed by atoms with van der Waals surface area (Å²) in [7, 11) is -3.55. The molecule has 150 valence electrons. The van der Waals surface area contributed by atoms with Crippen molar-refractivity contribution in [2.75, 3.05) is 11.9 Å². The van der Waals surface area contributed by atoms with Crippen LogP contribution in [0.25, 0.3) is 0 Å². The van der Waals surface area contributed by atoms with E-state index in [0.29, 0.717) is 23.1 Å². The molecule has 3 aromatic rings. The minimum absolute atomic E-state index is 0.174.